The lowest BCUT2D eigenvalue weighted by Gasteiger charge is -2.24. The molecule has 3 N–H and O–H groups in total. The van der Waals surface area contributed by atoms with Crippen molar-refractivity contribution in [2.75, 3.05) is 14.2 Å². The Morgan fingerprint density at radius 2 is 1.92 bits per heavy atom. The molecule has 2 atom stereocenters. The van der Waals surface area contributed by atoms with Gasteiger partial charge in [0.05, 0.1) is 6.17 Å². The molecular formula is C7H20N2O2Si. The van der Waals surface area contributed by atoms with E-state index in [0.717, 1.165) is 6.42 Å². The van der Waals surface area contributed by atoms with Crippen LogP contribution in [-0.2, 0) is 8.85 Å². The number of rotatable bonds is 6. The van der Waals surface area contributed by atoms with Crippen LogP contribution in [0.25, 0.3) is 0 Å². The van der Waals surface area contributed by atoms with Gasteiger partial charge in [0.1, 0.15) is 0 Å². The fourth-order valence-corrected chi connectivity index (χ4v) is 2.85. The van der Waals surface area contributed by atoms with Gasteiger partial charge in [0.15, 0.2) is 0 Å². The van der Waals surface area contributed by atoms with Crippen molar-refractivity contribution in [3.63, 3.8) is 0 Å². The van der Waals surface area contributed by atoms with E-state index in [-0.39, 0.29) is 6.17 Å². The van der Waals surface area contributed by atoms with E-state index < -0.39 is 9.28 Å². The average molecular weight is 192 g/mol. The lowest BCUT2D eigenvalue weighted by molar-refractivity contribution is 0.253. The molecule has 0 saturated carbocycles. The minimum atomic E-state index is -1.55. The van der Waals surface area contributed by atoms with Gasteiger partial charge in [0.25, 0.3) is 0 Å². The molecule has 2 unspecified atom stereocenters. The second kappa shape index (κ2) is 6.56. The summed E-state index contributed by atoms with van der Waals surface area (Å²) in [5, 5.41) is 3.22. The molecule has 0 rings (SSSR count). The molecule has 74 valence electrons. The molecule has 4 nitrogen and oxygen atoms in total. The fourth-order valence-electron chi connectivity index (χ4n) is 1.15. The van der Waals surface area contributed by atoms with Gasteiger partial charge >= 0.3 is 9.28 Å². The molecule has 0 heterocycles. The molecule has 0 aliphatic carbocycles. The van der Waals surface area contributed by atoms with Gasteiger partial charge in [-0.15, -0.1) is 0 Å². The predicted molar refractivity (Wildman–Crippen MR) is 52.0 cm³/mol. The van der Waals surface area contributed by atoms with E-state index in [1.807, 2.05) is 6.92 Å². The Labute approximate surface area is 76.3 Å². The van der Waals surface area contributed by atoms with Crippen LogP contribution in [0.1, 0.15) is 20.3 Å². The first-order valence-corrected chi connectivity index (χ1v) is 5.83. The van der Waals surface area contributed by atoms with Gasteiger partial charge in [-0.2, -0.15) is 0 Å². The molecule has 5 heteroatoms. The third-order valence-electron chi connectivity index (χ3n) is 1.71. The number of hydrogen-bond donors (Lipinski definition) is 2. The van der Waals surface area contributed by atoms with E-state index in [4.69, 9.17) is 14.6 Å². The fraction of sp³-hybridized carbons (Fsp3) is 1.00. The molecule has 0 radical (unpaired) electrons. The number of hydrogen-bond acceptors (Lipinski definition) is 4. The summed E-state index contributed by atoms with van der Waals surface area (Å²) in [6.45, 7) is 4.01. The summed E-state index contributed by atoms with van der Waals surface area (Å²) in [5.74, 6) is 0. The second-order valence-electron chi connectivity index (χ2n) is 2.81. The molecule has 0 aromatic carbocycles. The smallest absolute Gasteiger partial charge is 0.338 e. The van der Waals surface area contributed by atoms with Gasteiger partial charge in [0, 0.05) is 19.9 Å². The maximum Gasteiger partial charge on any atom is 0.338 e. The molecule has 0 amide bonds. The van der Waals surface area contributed by atoms with Crippen LogP contribution in [0.5, 0.6) is 0 Å². The first-order valence-electron chi connectivity index (χ1n) is 4.22. The molecular weight excluding hydrogens is 172 g/mol. The van der Waals surface area contributed by atoms with Crippen LogP contribution in [0, 0.1) is 0 Å². The van der Waals surface area contributed by atoms with Gasteiger partial charge in [-0.25, -0.2) is 0 Å². The Kier molecular flexibility index (Phi) is 6.59. The second-order valence-corrected chi connectivity index (χ2v) is 5.29. The number of nitrogens with two attached hydrogens (primary N) is 1. The van der Waals surface area contributed by atoms with Crippen molar-refractivity contribution in [1.29, 1.82) is 0 Å². The van der Waals surface area contributed by atoms with Gasteiger partial charge in [-0.1, -0.05) is 6.92 Å². The van der Waals surface area contributed by atoms with Crippen molar-refractivity contribution in [3.05, 3.63) is 0 Å². The highest BCUT2D eigenvalue weighted by atomic mass is 28.3. The summed E-state index contributed by atoms with van der Waals surface area (Å²) in [5.41, 5.74) is 5.91. The van der Waals surface area contributed by atoms with Gasteiger partial charge in [-0.05, 0) is 13.3 Å². The van der Waals surface area contributed by atoms with Crippen molar-refractivity contribution >= 4 is 9.28 Å². The Morgan fingerprint density at radius 3 is 2.17 bits per heavy atom. The highest BCUT2D eigenvalue weighted by molar-refractivity contribution is 6.46. The summed E-state index contributed by atoms with van der Waals surface area (Å²) in [4.78, 5) is 0. The van der Waals surface area contributed by atoms with Crippen molar-refractivity contribution in [2.45, 2.75) is 32.1 Å². The first-order chi connectivity index (χ1) is 5.65. The minimum absolute atomic E-state index is 0.00440. The molecule has 0 aliphatic heterocycles. The van der Waals surface area contributed by atoms with Gasteiger partial charge in [-0.3, -0.25) is 5.32 Å². The van der Waals surface area contributed by atoms with E-state index in [0.29, 0.717) is 5.67 Å². The maximum absolute atomic E-state index is 5.62. The van der Waals surface area contributed by atoms with E-state index in [1.165, 1.54) is 0 Å². The Hall–Kier alpha value is 0.0569. The van der Waals surface area contributed by atoms with E-state index >= 15 is 0 Å². The van der Waals surface area contributed by atoms with Crippen LogP contribution < -0.4 is 11.1 Å². The standard InChI is InChI=1S/C7H20N2O2Si/c1-5-7(9-6(2)8)12(10-3)11-4/h6-7,9,12H,5,8H2,1-4H3. The first kappa shape index (κ1) is 12.1. The summed E-state index contributed by atoms with van der Waals surface area (Å²) < 4.78 is 10.5. The molecule has 0 spiro atoms. The molecule has 0 aliphatic rings. The van der Waals surface area contributed by atoms with Crippen molar-refractivity contribution in [2.24, 2.45) is 5.73 Å². The third kappa shape index (κ3) is 4.17. The molecule has 0 saturated heterocycles. The summed E-state index contributed by atoms with van der Waals surface area (Å²) in [7, 11) is 1.82. The SMILES string of the molecule is CCC(NC(C)N)[SiH](OC)OC. The average Bonchev–Trinajstić information content (AvgIpc) is 2.04. The van der Waals surface area contributed by atoms with E-state index in [1.54, 1.807) is 14.2 Å². The quantitative estimate of drug-likeness (QED) is 0.448. The van der Waals surface area contributed by atoms with E-state index in [2.05, 4.69) is 12.2 Å². The van der Waals surface area contributed by atoms with Crippen LogP contribution >= 0.6 is 0 Å². The van der Waals surface area contributed by atoms with Crippen LogP contribution in [0.15, 0.2) is 0 Å². The van der Waals surface area contributed by atoms with Gasteiger partial charge in [0.2, 0.25) is 0 Å². The monoisotopic (exact) mass is 192 g/mol. The summed E-state index contributed by atoms with van der Waals surface area (Å²) >= 11 is 0. The van der Waals surface area contributed by atoms with Crippen LogP contribution in [0.4, 0.5) is 0 Å². The zero-order valence-corrected chi connectivity index (χ0v) is 9.49. The number of nitrogens with one attached hydrogen (secondary N) is 1. The van der Waals surface area contributed by atoms with Crippen molar-refractivity contribution < 1.29 is 8.85 Å². The van der Waals surface area contributed by atoms with Crippen LogP contribution in [0.2, 0.25) is 0 Å². The normalized spacial score (nSPS) is 16.5. The minimum Gasteiger partial charge on any atom is -0.399 e. The Balaban J connectivity index is 3.92. The topological polar surface area (TPSA) is 56.5 Å². The Bertz CT molecular complexity index is 110. The predicted octanol–water partition coefficient (Wildman–Crippen LogP) is -0.288. The molecule has 0 aromatic rings. The molecule has 12 heavy (non-hydrogen) atoms. The molecule has 0 aromatic heterocycles. The van der Waals surface area contributed by atoms with E-state index in [9.17, 15) is 0 Å². The Morgan fingerprint density at radius 1 is 1.42 bits per heavy atom. The molecule has 0 bridgehead atoms. The van der Waals surface area contributed by atoms with Crippen LogP contribution in [0.3, 0.4) is 0 Å². The lowest BCUT2D eigenvalue weighted by atomic mass is 10.4. The van der Waals surface area contributed by atoms with Crippen molar-refractivity contribution in [1.82, 2.24) is 5.32 Å². The third-order valence-corrected chi connectivity index (χ3v) is 3.96. The highest BCUT2D eigenvalue weighted by Gasteiger charge is 2.22. The van der Waals surface area contributed by atoms with Gasteiger partial charge < -0.3 is 14.6 Å². The largest absolute Gasteiger partial charge is 0.399 e. The zero-order chi connectivity index (χ0) is 9.56. The maximum atomic E-state index is 5.62. The van der Waals surface area contributed by atoms with Crippen molar-refractivity contribution in [3.8, 4) is 0 Å². The van der Waals surface area contributed by atoms with Crippen LogP contribution in [-0.4, -0.2) is 35.3 Å². The molecule has 0 fully saturated rings. The summed E-state index contributed by atoms with van der Waals surface area (Å²) in [6.07, 6.45) is 0.982. The highest BCUT2D eigenvalue weighted by Crippen LogP contribution is 1.99. The zero-order valence-electron chi connectivity index (χ0n) is 8.33. The summed E-state index contributed by atoms with van der Waals surface area (Å²) in [6, 6.07) is 0. The lowest BCUT2D eigenvalue weighted by Crippen LogP contribution is -2.51.